The Bertz CT molecular complexity index is 283. The highest BCUT2D eigenvalue weighted by atomic mass is 16.6. The Kier molecular flexibility index (Phi) is 6.86. The van der Waals surface area contributed by atoms with Gasteiger partial charge in [0.25, 0.3) is 0 Å². The Morgan fingerprint density at radius 2 is 2.00 bits per heavy atom. The van der Waals surface area contributed by atoms with Gasteiger partial charge in [-0.3, -0.25) is 4.79 Å². The Morgan fingerprint density at radius 3 is 2.47 bits per heavy atom. The lowest BCUT2D eigenvalue weighted by Gasteiger charge is -2.21. The number of carbonyl (C=O) groups is 1. The monoisotopic (exact) mass is 238 g/mol. The van der Waals surface area contributed by atoms with Crippen molar-refractivity contribution in [2.24, 2.45) is 5.92 Å². The van der Waals surface area contributed by atoms with Gasteiger partial charge in [-0.2, -0.15) is 0 Å². The molecular weight excluding hydrogens is 212 g/mol. The van der Waals surface area contributed by atoms with E-state index in [1.54, 1.807) is 6.08 Å². The molecule has 2 nitrogen and oxygen atoms in total. The van der Waals surface area contributed by atoms with Crippen molar-refractivity contribution in [3.8, 4) is 0 Å². The summed E-state index contributed by atoms with van der Waals surface area (Å²) in [6, 6.07) is 0. The maximum absolute atomic E-state index is 11.6. The van der Waals surface area contributed by atoms with Gasteiger partial charge in [-0.1, -0.05) is 25.2 Å². The number of esters is 1. The Balaban J connectivity index is 3.96. The van der Waals surface area contributed by atoms with Crippen LogP contribution in [0.15, 0.2) is 24.3 Å². The molecule has 1 unspecified atom stereocenters. The zero-order chi connectivity index (χ0) is 13.5. The molecule has 0 aliphatic heterocycles. The van der Waals surface area contributed by atoms with Gasteiger partial charge in [0.2, 0.25) is 0 Å². The van der Waals surface area contributed by atoms with E-state index < -0.39 is 5.60 Å². The molecule has 0 N–H and O–H groups in total. The van der Waals surface area contributed by atoms with E-state index in [4.69, 9.17) is 4.74 Å². The third-order valence-electron chi connectivity index (χ3n) is 2.60. The van der Waals surface area contributed by atoms with Gasteiger partial charge in [-0.15, -0.1) is 0 Å². The Morgan fingerprint density at radius 1 is 1.41 bits per heavy atom. The summed E-state index contributed by atoms with van der Waals surface area (Å²) in [4.78, 5) is 11.6. The molecule has 17 heavy (non-hydrogen) atoms. The lowest BCUT2D eigenvalue weighted by molar-refractivity contribution is -0.153. The molecule has 0 aliphatic carbocycles. The van der Waals surface area contributed by atoms with E-state index in [1.807, 2.05) is 13.8 Å². The lowest BCUT2D eigenvalue weighted by Crippen LogP contribution is -2.26. The van der Waals surface area contributed by atoms with Crippen molar-refractivity contribution in [3.63, 3.8) is 0 Å². The van der Waals surface area contributed by atoms with E-state index in [-0.39, 0.29) is 5.97 Å². The maximum atomic E-state index is 11.6. The van der Waals surface area contributed by atoms with Crippen molar-refractivity contribution in [1.82, 2.24) is 0 Å². The van der Waals surface area contributed by atoms with E-state index in [9.17, 15) is 4.79 Å². The number of carbonyl (C=O) groups excluding carboxylic acids is 1. The molecule has 0 rings (SSSR count). The summed E-state index contributed by atoms with van der Waals surface area (Å²) in [6.07, 6.45) is 6.39. The van der Waals surface area contributed by atoms with Crippen LogP contribution in [0, 0.1) is 5.92 Å². The zero-order valence-electron chi connectivity index (χ0n) is 11.9. The Labute approximate surface area is 106 Å². The summed E-state index contributed by atoms with van der Waals surface area (Å²) in [7, 11) is 0. The third-order valence-corrected chi connectivity index (χ3v) is 2.60. The molecule has 0 fully saturated rings. The smallest absolute Gasteiger partial charge is 0.306 e. The van der Waals surface area contributed by atoms with Crippen LogP contribution >= 0.6 is 0 Å². The molecule has 0 aromatic heterocycles. The van der Waals surface area contributed by atoms with E-state index in [1.165, 1.54) is 5.57 Å². The minimum atomic E-state index is -0.559. The highest BCUT2D eigenvalue weighted by Gasteiger charge is 2.19. The van der Waals surface area contributed by atoms with E-state index in [0.717, 1.165) is 12.8 Å². The average molecular weight is 238 g/mol. The second-order valence-corrected chi connectivity index (χ2v) is 5.45. The zero-order valence-corrected chi connectivity index (χ0v) is 11.9. The van der Waals surface area contributed by atoms with Gasteiger partial charge >= 0.3 is 5.97 Å². The van der Waals surface area contributed by atoms with Gasteiger partial charge in [-0.25, -0.2) is 0 Å². The first-order valence-corrected chi connectivity index (χ1v) is 6.25. The molecule has 0 radical (unpaired) electrons. The van der Waals surface area contributed by atoms with E-state index in [2.05, 4.69) is 33.4 Å². The van der Waals surface area contributed by atoms with Gasteiger partial charge in [-0.05, 0) is 52.5 Å². The van der Waals surface area contributed by atoms with Crippen molar-refractivity contribution in [3.05, 3.63) is 24.3 Å². The third kappa shape index (κ3) is 8.73. The standard InChI is InChI=1S/C15H26O2/c1-7-15(5,6)17-14(16)11-13(4)10-8-9-12(2)3/h7,9,13H,1,8,10-11H2,2-6H3. The van der Waals surface area contributed by atoms with Gasteiger partial charge in [0, 0.05) is 6.42 Å². The van der Waals surface area contributed by atoms with Crippen molar-refractivity contribution in [1.29, 1.82) is 0 Å². The molecule has 0 bridgehead atoms. The van der Waals surface area contributed by atoms with Crippen LogP contribution in [0.4, 0.5) is 0 Å². The summed E-state index contributed by atoms with van der Waals surface area (Å²) in [5, 5.41) is 0. The molecule has 0 saturated heterocycles. The Hall–Kier alpha value is -1.05. The van der Waals surface area contributed by atoms with Crippen molar-refractivity contribution < 1.29 is 9.53 Å². The fourth-order valence-electron chi connectivity index (χ4n) is 1.42. The second-order valence-electron chi connectivity index (χ2n) is 5.45. The molecule has 0 aromatic carbocycles. The van der Waals surface area contributed by atoms with Crippen LogP contribution in [-0.2, 0) is 9.53 Å². The van der Waals surface area contributed by atoms with E-state index in [0.29, 0.717) is 12.3 Å². The molecule has 2 heteroatoms. The van der Waals surface area contributed by atoms with Gasteiger partial charge in [0.05, 0.1) is 0 Å². The molecule has 0 aliphatic rings. The lowest BCUT2D eigenvalue weighted by atomic mass is 10.0. The largest absolute Gasteiger partial charge is 0.455 e. The first-order valence-electron chi connectivity index (χ1n) is 6.25. The van der Waals surface area contributed by atoms with Gasteiger partial charge in [0.15, 0.2) is 0 Å². The minimum Gasteiger partial charge on any atom is -0.455 e. The predicted molar refractivity (Wildman–Crippen MR) is 72.8 cm³/mol. The number of rotatable bonds is 7. The second kappa shape index (κ2) is 7.31. The fourth-order valence-corrected chi connectivity index (χ4v) is 1.42. The normalized spacial score (nSPS) is 12.8. The van der Waals surface area contributed by atoms with Gasteiger partial charge in [0.1, 0.15) is 5.60 Å². The topological polar surface area (TPSA) is 26.3 Å². The van der Waals surface area contributed by atoms with Crippen LogP contribution in [-0.4, -0.2) is 11.6 Å². The van der Waals surface area contributed by atoms with E-state index >= 15 is 0 Å². The first kappa shape index (κ1) is 16.0. The van der Waals surface area contributed by atoms with Crippen molar-refractivity contribution >= 4 is 5.97 Å². The summed E-state index contributed by atoms with van der Waals surface area (Å²) in [6.45, 7) is 13.6. The number of allylic oxidation sites excluding steroid dienone is 2. The van der Waals surface area contributed by atoms with Crippen LogP contribution in [0.25, 0.3) is 0 Å². The molecule has 0 amide bonds. The number of ether oxygens (including phenoxy) is 1. The quantitative estimate of drug-likeness (QED) is 0.489. The van der Waals surface area contributed by atoms with Gasteiger partial charge < -0.3 is 4.74 Å². The molecule has 0 spiro atoms. The number of hydrogen-bond acceptors (Lipinski definition) is 2. The summed E-state index contributed by atoms with van der Waals surface area (Å²) in [5.74, 6) is 0.221. The highest BCUT2D eigenvalue weighted by Crippen LogP contribution is 2.16. The molecule has 98 valence electrons. The predicted octanol–water partition coefficient (Wildman–Crippen LogP) is 4.27. The van der Waals surface area contributed by atoms with Crippen LogP contribution in [0.1, 0.15) is 53.9 Å². The summed E-state index contributed by atoms with van der Waals surface area (Å²) >= 11 is 0. The minimum absolute atomic E-state index is 0.139. The van der Waals surface area contributed by atoms with Crippen LogP contribution in [0.5, 0.6) is 0 Å². The SMILES string of the molecule is C=CC(C)(C)OC(=O)CC(C)CCC=C(C)C. The molecule has 0 aromatic rings. The molecule has 1 atom stereocenters. The first-order chi connectivity index (χ1) is 7.76. The average Bonchev–Trinajstić information content (AvgIpc) is 2.15. The summed E-state index contributed by atoms with van der Waals surface area (Å²) in [5.41, 5.74) is 0.768. The highest BCUT2D eigenvalue weighted by molar-refractivity contribution is 5.70. The number of hydrogen-bond donors (Lipinski definition) is 0. The van der Waals surface area contributed by atoms with Crippen LogP contribution in [0.3, 0.4) is 0 Å². The molecule has 0 heterocycles. The maximum Gasteiger partial charge on any atom is 0.306 e. The summed E-state index contributed by atoms with van der Waals surface area (Å²) < 4.78 is 5.31. The van der Waals surface area contributed by atoms with Crippen molar-refractivity contribution in [2.75, 3.05) is 0 Å². The molecule has 0 saturated carbocycles. The van der Waals surface area contributed by atoms with Crippen molar-refractivity contribution in [2.45, 2.75) is 59.5 Å². The molecular formula is C15H26O2. The van der Waals surface area contributed by atoms with Crippen LogP contribution < -0.4 is 0 Å². The fraction of sp³-hybridized carbons (Fsp3) is 0.667. The van der Waals surface area contributed by atoms with Crippen LogP contribution in [0.2, 0.25) is 0 Å².